The lowest BCUT2D eigenvalue weighted by Gasteiger charge is -2.20. The van der Waals surface area contributed by atoms with E-state index < -0.39 is 0 Å². The van der Waals surface area contributed by atoms with E-state index in [4.69, 9.17) is 11.6 Å². The van der Waals surface area contributed by atoms with Crippen LogP contribution < -0.4 is 5.32 Å². The molecule has 0 saturated heterocycles. The van der Waals surface area contributed by atoms with Crippen LogP contribution in [0.3, 0.4) is 0 Å². The average molecular weight is 290 g/mol. The van der Waals surface area contributed by atoms with Crippen molar-refractivity contribution in [1.82, 2.24) is 5.32 Å². The highest BCUT2D eigenvalue weighted by Crippen LogP contribution is 2.28. The first-order chi connectivity index (χ1) is 8.43. The van der Waals surface area contributed by atoms with Crippen molar-refractivity contribution in [2.24, 2.45) is 5.92 Å². The minimum Gasteiger partial charge on any atom is -0.394 e. The second kappa shape index (κ2) is 7.12. The second-order valence-electron chi connectivity index (χ2n) is 4.88. The van der Waals surface area contributed by atoms with Gasteiger partial charge in [-0.3, -0.25) is 4.79 Å². The summed E-state index contributed by atoms with van der Waals surface area (Å²) in [4.78, 5) is 13.0. The molecule has 0 spiro atoms. The fraction of sp³-hybridized carbons (Fsp3) is 0.615. The largest absolute Gasteiger partial charge is 0.394 e. The van der Waals surface area contributed by atoms with Crippen molar-refractivity contribution in [2.45, 2.75) is 39.2 Å². The topological polar surface area (TPSA) is 49.3 Å². The van der Waals surface area contributed by atoms with Crippen molar-refractivity contribution in [3.05, 3.63) is 21.3 Å². The number of carbonyl (C=O) groups is 1. The van der Waals surface area contributed by atoms with Crippen molar-refractivity contribution in [1.29, 1.82) is 0 Å². The molecule has 0 bridgehead atoms. The summed E-state index contributed by atoms with van der Waals surface area (Å²) in [6.45, 7) is 5.96. The number of nitrogens with one attached hydrogen (secondary N) is 1. The summed E-state index contributed by atoms with van der Waals surface area (Å²) >= 11 is 7.27. The Balaban J connectivity index is 2.58. The molecule has 5 heteroatoms. The van der Waals surface area contributed by atoms with E-state index in [-0.39, 0.29) is 24.5 Å². The summed E-state index contributed by atoms with van der Waals surface area (Å²) in [6, 6.07) is 3.49. The highest BCUT2D eigenvalue weighted by Gasteiger charge is 2.20. The molecule has 2 unspecified atom stereocenters. The maximum absolute atomic E-state index is 12.0. The minimum atomic E-state index is -0.233. The molecule has 0 saturated carbocycles. The van der Waals surface area contributed by atoms with Gasteiger partial charge in [0.05, 0.1) is 22.9 Å². The van der Waals surface area contributed by atoms with Crippen molar-refractivity contribution in [2.75, 3.05) is 6.61 Å². The number of halogens is 1. The Morgan fingerprint density at radius 1 is 1.44 bits per heavy atom. The van der Waals surface area contributed by atoms with Crippen molar-refractivity contribution in [3.8, 4) is 0 Å². The molecule has 0 aliphatic carbocycles. The molecule has 18 heavy (non-hydrogen) atoms. The van der Waals surface area contributed by atoms with E-state index in [1.807, 2.05) is 13.0 Å². The quantitative estimate of drug-likeness (QED) is 0.846. The molecule has 2 N–H and O–H groups in total. The molecule has 0 radical (unpaired) electrons. The zero-order chi connectivity index (χ0) is 13.7. The smallest absolute Gasteiger partial charge is 0.228 e. The molecular formula is C13H20ClNO2S. The highest BCUT2D eigenvalue weighted by molar-refractivity contribution is 7.16. The lowest BCUT2D eigenvalue weighted by atomic mass is 10.0. The molecular weight excluding hydrogens is 270 g/mol. The molecule has 0 aromatic carbocycles. The number of aliphatic hydroxyl groups is 1. The SMILES string of the molecule is CC(C)CC(CO)NC(=O)C(C)c1ccc(Cl)s1. The van der Waals surface area contributed by atoms with Gasteiger partial charge in [-0.2, -0.15) is 0 Å². The molecule has 0 aliphatic rings. The second-order valence-corrected chi connectivity index (χ2v) is 6.63. The molecule has 0 fully saturated rings. The van der Waals surface area contributed by atoms with Gasteiger partial charge in [-0.05, 0) is 31.4 Å². The molecule has 2 atom stereocenters. The van der Waals surface area contributed by atoms with Crippen molar-refractivity contribution in [3.63, 3.8) is 0 Å². The first kappa shape index (κ1) is 15.5. The first-order valence-electron chi connectivity index (χ1n) is 6.10. The van der Waals surface area contributed by atoms with E-state index in [0.717, 1.165) is 11.3 Å². The molecule has 1 heterocycles. The standard InChI is InChI=1S/C13H20ClNO2S/c1-8(2)6-10(7-16)15-13(17)9(3)11-4-5-12(14)18-11/h4-5,8-10,16H,6-7H2,1-3H3,(H,15,17). The van der Waals surface area contributed by atoms with Gasteiger partial charge in [0.25, 0.3) is 0 Å². The molecule has 1 aromatic heterocycles. The van der Waals surface area contributed by atoms with Crippen LogP contribution in [0.15, 0.2) is 12.1 Å². The molecule has 3 nitrogen and oxygen atoms in total. The predicted molar refractivity (Wildman–Crippen MR) is 76.2 cm³/mol. The van der Waals surface area contributed by atoms with Gasteiger partial charge in [0.2, 0.25) is 5.91 Å². The van der Waals surface area contributed by atoms with Gasteiger partial charge in [-0.1, -0.05) is 25.4 Å². The molecule has 0 aliphatic heterocycles. The van der Waals surface area contributed by atoms with Crippen LogP contribution in [0.25, 0.3) is 0 Å². The minimum absolute atomic E-state index is 0.0260. The number of rotatable bonds is 6. The Morgan fingerprint density at radius 2 is 2.11 bits per heavy atom. The Kier molecular flexibility index (Phi) is 6.12. The average Bonchev–Trinajstić information content (AvgIpc) is 2.73. The Hall–Kier alpha value is -0.580. The van der Waals surface area contributed by atoms with E-state index in [1.54, 1.807) is 6.07 Å². The number of hydrogen-bond acceptors (Lipinski definition) is 3. The number of carbonyl (C=O) groups excluding carboxylic acids is 1. The van der Waals surface area contributed by atoms with Gasteiger partial charge in [0.15, 0.2) is 0 Å². The first-order valence-corrected chi connectivity index (χ1v) is 7.30. The van der Waals surface area contributed by atoms with Crippen LogP contribution in [0.1, 0.15) is 38.0 Å². The summed E-state index contributed by atoms with van der Waals surface area (Å²) in [5, 5.41) is 12.1. The van der Waals surface area contributed by atoms with Gasteiger partial charge in [0.1, 0.15) is 0 Å². The van der Waals surface area contributed by atoms with Crippen molar-refractivity contribution < 1.29 is 9.90 Å². The number of hydrogen-bond donors (Lipinski definition) is 2. The summed E-state index contributed by atoms with van der Waals surface area (Å²) in [7, 11) is 0. The van der Waals surface area contributed by atoms with Crippen LogP contribution >= 0.6 is 22.9 Å². The molecule has 102 valence electrons. The van der Waals surface area contributed by atoms with Crippen LogP contribution in [-0.4, -0.2) is 23.7 Å². The van der Waals surface area contributed by atoms with Crippen molar-refractivity contribution >= 4 is 28.8 Å². The lowest BCUT2D eigenvalue weighted by Crippen LogP contribution is -2.40. The predicted octanol–water partition coefficient (Wildman–Crippen LogP) is 3.03. The normalized spacial score (nSPS) is 14.6. The Labute approximate surface area is 117 Å². The molecule has 1 amide bonds. The summed E-state index contributed by atoms with van der Waals surface area (Å²) in [5.41, 5.74) is 0. The van der Waals surface area contributed by atoms with E-state index in [9.17, 15) is 9.90 Å². The van der Waals surface area contributed by atoms with Crippen LogP contribution in [0.2, 0.25) is 4.34 Å². The highest BCUT2D eigenvalue weighted by atomic mass is 35.5. The molecule has 1 aromatic rings. The van der Waals surface area contributed by atoms with E-state index in [0.29, 0.717) is 10.3 Å². The van der Waals surface area contributed by atoms with Crippen LogP contribution in [0, 0.1) is 5.92 Å². The van der Waals surface area contributed by atoms with Crippen LogP contribution in [-0.2, 0) is 4.79 Å². The zero-order valence-electron chi connectivity index (χ0n) is 10.9. The van der Waals surface area contributed by atoms with Gasteiger partial charge < -0.3 is 10.4 Å². The summed E-state index contributed by atoms with van der Waals surface area (Å²) in [5.74, 6) is 0.144. The van der Waals surface area contributed by atoms with Gasteiger partial charge in [0, 0.05) is 4.88 Å². The van der Waals surface area contributed by atoms with Crippen LogP contribution in [0.5, 0.6) is 0 Å². The van der Waals surface area contributed by atoms with E-state index in [1.165, 1.54) is 11.3 Å². The number of thiophene rings is 1. The van der Waals surface area contributed by atoms with Crippen LogP contribution in [0.4, 0.5) is 0 Å². The fourth-order valence-electron chi connectivity index (χ4n) is 1.76. The van der Waals surface area contributed by atoms with E-state index >= 15 is 0 Å². The Bertz CT molecular complexity index is 392. The fourth-order valence-corrected chi connectivity index (χ4v) is 2.88. The number of aliphatic hydroxyl groups excluding tert-OH is 1. The summed E-state index contributed by atoms with van der Waals surface area (Å²) < 4.78 is 0.686. The third kappa shape index (κ3) is 4.59. The molecule has 1 rings (SSSR count). The number of amides is 1. The maximum atomic E-state index is 12.0. The van der Waals surface area contributed by atoms with Gasteiger partial charge in [-0.25, -0.2) is 0 Å². The third-order valence-corrected chi connectivity index (χ3v) is 4.15. The maximum Gasteiger partial charge on any atom is 0.228 e. The third-order valence-electron chi connectivity index (χ3n) is 2.74. The van der Waals surface area contributed by atoms with Gasteiger partial charge >= 0.3 is 0 Å². The Morgan fingerprint density at radius 3 is 2.56 bits per heavy atom. The van der Waals surface area contributed by atoms with E-state index in [2.05, 4.69) is 19.2 Å². The summed E-state index contributed by atoms with van der Waals surface area (Å²) in [6.07, 6.45) is 0.778. The lowest BCUT2D eigenvalue weighted by molar-refractivity contribution is -0.123. The monoisotopic (exact) mass is 289 g/mol. The van der Waals surface area contributed by atoms with Gasteiger partial charge in [-0.15, -0.1) is 11.3 Å². The zero-order valence-corrected chi connectivity index (χ0v) is 12.5.